The third kappa shape index (κ3) is 2.20. The lowest BCUT2D eigenvalue weighted by atomic mass is 9.86. The molecule has 2 rings (SSSR count). The molecule has 82 valence electrons. The van der Waals surface area contributed by atoms with E-state index in [4.69, 9.17) is 5.11 Å². The molecule has 1 aromatic rings. The molecule has 1 heterocycles. The third-order valence-electron chi connectivity index (χ3n) is 2.91. The molecule has 2 N–H and O–H groups in total. The van der Waals surface area contributed by atoms with Crippen molar-refractivity contribution in [1.29, 1.82) is 0 Å². The second-order valence-corrected chi connectivity index (χ2v) is 4.19. The number of rotatable bonds is 4. The number of hydrogen-bond donors (Lipinski definition) is 2. The van der Waals surface area contributed by atoms with Crippen molar-refractivity contribution in [3.8, 4) is 0 Å². The summed E-state index contributed by atoms with van der Waals surface area (Å²) in [5.74, 6) is 0. The minimum absolute atomic E-state index is 0.222. The van der Waals surface area contributed by atoms with Gasteiger partial charge in [0, 0.05) is 26.2 Å². The predicted molar refractivity (Wildman–Crippen MR) is 58.5 cm³/mol. The van der Waals surface area contributed by atoms with Crippen LogP contribution in [0.1, 0.15) is 12.0 Å². The third-order valence-corrected chi connectivity index (χ3v) is 2.91. The quantitative estimate of drug-likeness (QED) is 0.758. The Hall–Kier alpha value is -0.900. The van der Waals surface area contributed by atoms with Crippen LogP contribution in [0.4, 0.5) is 0 Å². The molecule has 3 nitrogen and oxygen atoms in total. The van der Waals surface area contributed by atoms with E-state index in [1.807, 2.05) is 30.3 Å². The van der Waals surface area contributed by atoms with E-state index in [0.717, 1.165) is 18.5 Å². The highest BCUT2D eigenvalue weighted by molar-refractivity contribution is 5.25. The lowest BCUT2D eigenvalue weighted by molar-refractivity contribution is -0.105. The van der Waals surface area contributed by atoms with E-state index in [2.05, 4.69) is 4.90 Å². The van der Waals surface area contributed by atoms with Crippen molar-refractivity contribution >= 4 is 0 Å². The van der Waals surface area contributed by atoms with E-state index in [-0.39, 0.29) is 6.61 Å². The molecule has 0 radical (unpaired) electrons. The maximum atomic E-state index is 10.2. The topological polar surface area (TPSA) is 43.7 Å². The van der Waals surface area contributed by atoms with Crippen molar-refractivity contribution in [3.63, 3.8) is 0 Å². The maximum absolute atomic E-state index is 10.2. The van der Waals surface area contributed by atoms with Crippen LogP contribution >= 0.6 is 0 Å². The minimum atomic E-state index is -0.670. The fourth-order valence-corrected chi connectivity index (χ4v) is 2.08. The van der Waals surface area contributed by atoms with Crippen LogP contribution in [-0.4, -0.2) is 41.4 Å². The Morgan fingerprint density at radius 2 is 1.87 bits per heavy atom. The number of aliphatic hydroxyl groups is 2. The summed E-state index contributed by atoms with van der Waals surface area (Å²) in [6.45, 7) is 2.44. The Bertz CT molecular complexity index is 307. The summed E-state index contributed by atoms with van der Waals surface area (Å²) in [6.07, 6.45) is 0.783. The average molecular weight is 207 g/mol. The first-order valence-electron chi connectivity index (χ1n) is 5.36. The Morgan fingerprint density at radius 3 is 2.47 bits per heavy atom. The van der Waals surface area contributed by atoms with Gasteiger partial charge in [-0.2, -0.15) is 0 Å². The normalized spacial score (nSPS) is 19.9. The molecule has 0 amide bonds. The molecule has 0 aromatic heterocycles. The standard InChI is InChI=1S/C12H17NO2/c14-8-4-7-13-9-12(15,10-13)11-5-2-1-3-6-11/h1-3,5-6,14-15H,4,7-10H2. The molecule has 1 aromatic carbocycles. The number of β-amino-alcohol motifs (C(OH)–C–C–N with tert-alkyl or cyclic N) is 1. The zero-order valence-corrected chi connectivity index (χ0v) is 8.76. The van der Waals surface area contributed by atoms with Crippen molar-refractivity contribution in [2.24, 2.45) is 0 Å². The van der Waals surface area contributed by atoms with Crippen molar-refractivity contribution in [2.75, 3.05) is 26.2 Å². The number of nitrogens with zero attached hydrogens (tertiary/aromatic N) is 1. The number of benzene rings is 1. The molecule has 0 atom stereocenters. The van der Waals surface area contributed by atoms with Crippen molar-refractivity contribution in [2.45, 2.75) is 12.0 Å². The van der Waals surface area contributed by atoms with Gasteiger partial charge in [-0.3, -0.25) is 4.90 Å². The van der Waals surface area contributed by atoms with Gasteiger partial charge in [0.15, 0.2) is 0 Å². The number of hydrogen-bond acceptors (Lipinski definition) is 3. The highest BCUT2D eigenvalue weighted by Gasteiger charge is 2.41. The second kappa shape index (κ2) is 4.31. The largest absolute Gasteiger partial charge is 0.396 e. The van der Waals surface area contributed by atoms with Crippen LogP contribution in [0.15, 0.2) is 30.3 Å². The van der Waals surface area contributed by atoms with E-state index >= 15 is 0 Å². The smallest absolute Gasteiger partial charge is 0.115 e. The van der Waals surface area contributed by atoms with Crippen LogP contribution in [0.5, 0.6) is 0 Å². The van der Waals surface area contributed by atoms with Gasteiger partial charge >= 0.3 is 0 Å². The summed E-state index contributed by atoms with van der Waals surface area (Å²) in [7, 11) is 0. The van der Waals surface area contributed by atoms with Gasteiger partial charge in [0.05, 0.1) is 0 Å². The Kier molecular flexibility index (Phi) is 3.05. The van der Waals surface area contributed by atoms with E-state index in [0.29, 0.717) is 13.1 Å². The molecular weight excluding hydrogens is 190 g/mol. The molecule has 0 aliphatic carbocycles. The van der Waals surface area contributed by atoms with E-state index in [9.17, 15) is 5.11 Å². The second-order valence-electron chi connectivity index (χ2n) is 4.19. The molecule has 0 unspecified atom stereocenters. The summed E-state index contributed by atoms with van der Waals surface area (Å²) in [6, 6.07) is 9.77. The molecule has 0 spiro atoms. The van der Waals surface area contributed by atoms with Crippen molar-refractivity contribution < 1.29 is 10.2 Å². The van der Waals surface area contributed by atoms with E-state index < -0.39 is 5.60 Å². The molecule has 0 bridgehead atoms. The monoisotopic (exact) mass is 207 g/mol. The van der Waals surface area contributed by atoms with Crippen molar-refractivity contribution in [3.05, 3.63) is 35.9 Å². The van der Waals surface area contributed by atoms with Gasteiger partial charge in [0.1, 0.15) is 5.60 Å². The zero-order chi connectivity index (χ0) is 10.7. The molecular formula is C12H17NO2. The minimum Gasteiger partial charge on any atom is -0.396 e. The first-order valence-corrected chi connectivity index (χ1v) is 5.36. The Morgan fingerprint density at radius 1 is 1.20 bits per heavy atom. The first-order chi connectivity index (χ1) is 7.24. The Labute approximate surface area is 90.0 Å². The van der Waals surface area contributed by atoms with Gasteiger partial charge in [-0.15, -0.1) is 0 Å². The summed E-state index contributed by atoms with van der Waals surface area (Å²) in [4.78, 5) is 2.16. The molecule has 3 heteroatoms. The van der Waals surface area contributed by atoms with Crippen LogP contribution < -0.4 is 0 Å². The molecule has 0 saturated carbocycles. The number of likely N-dealkylation sites (tertiary alicyclic amines) is 1. The van der Waals surface area contributed by atoms with Gasteiger partial charge in [0.25, 0.3) is 0 Å². The Balaban J connectivity index is 1.91. The van der Waals surface area contributed by atoms with Gasteiger partial charge in [-0.05, 0) is 12.0 Å². The summed E-state index contributed by atoms with van der Waals surface area (Å²) >= 11 is 0. The SMILES string of the molecule is OCCCN1CC(O)(c2ccccc2)C1. The fraction of sp³-hybridized carbons (Fsp3) is 0.500. The summed E-state index contributed by atoms with van der Waals surface area (Å²) < 4.78 is 0. The fourth-order valence-electron chi connectivity index (χ4n) is 2.08. The molecule has 15 heavy (non-hydrogen) atoms. The lowest BCUT2D eigenvalue weighted by Crippen LogP contribution is -2.59. The molecule has 1 aliphatic rings. The van der Waals surface area contributed by atoms with Gasteiger partial charge in [-0.1, -0.05) is 30.3 Å². The van der Waals surface area contributed by atoms with Crippen LogP contribution in [-0.2, 0) is 5.60 Å². The van der Waals surface area contributed by atoms with Crippen LogP contribution in [0, 0.1) is 0 Å². The van der Waals surface area contributed by atoms with Crippen LogP contribution in [0.25, 0.3) is 0 Å². The molecule has 1 fully saturated rings. The van der Waals surface area contributed by atoms with Gasteiger partial charge in [-0.25, -0.2) is 0 Å². The van der Waals surface area contributed by atoms with Crippen molar-refractivity contribution in [1.82, 2.24) is 4.90 Å². The zero-order valence-electron chi connectivity index (χ0n) is 8.76. The van der Waals surface area contributed by atoms with E-state index in [1.165, 1.54) is 0 Å². The van der Waals surface area contributed by atoms with Crippen LogP contribution in [0.2, 0.25) is 0 Å². The highest BCUT2D eigenvalue weighted by atomic mass is 16.3. The summed E-state index contributed by atoms with van der Waals surface area (Å²) in [5.41, 5.74) is 0.321. The maximum Gasteiger partial charge on any atom is 0.115 e. The predicted octanol–water partition coefficient (Wildman–Crippen LogP) is 0.572. The molecule has 1 saturated heterocycles. The van der Waals surface area contributed by atoms with Crippen LogP contribution in [0.3, 0.4) is 0 Å². The summed E-state index contributed by atoms with van der Waals surface area (Å²) in [5, 5.41) is 18.9. The van der Waals surface area contributed by atoms with E-state index in [1.54, 1.807) is 0 Å². The molecule has 1 aliphatic heterocycles. The first kappa shape index (κ1) is 10.6. The number of aliphatic hydroxyl groups excluding tert-OH is 1. The highest BCUT2D eigenvalue weighted by Crippen LogP contribution is 2.31. The van der Waals surface area contributed by atoms with Gasteiger partial charge < -0.3 is 10.2 Å². The van der Waals surface area contributed by atoms with Gasteiger partial charge in [0.2, 0.25) is 0 Å². The average Bonchev–Trinajstić information content (AvgIpc) is 2.24. The lowest BCUT2D eigenvalue weighted by Gasteiger charge is -2.46.